The first-order chi connectivity index (χ1) is 9.10. The van der Waals surface area contributed by atoms with Crippen molar-refractivity contribution in [3.05, 3.63) is 45.6 Å². The van der Waals surface area contributed by atoms with E-state index < -0.39 is 0 Å². The molecule has 19 heavy (non-hydrogen) atoms. The second-order valence-corrected chi connectivity index (χ2v) is 5.35. The summed E-state index contributed by atoms with van der Waals surface area (Å²) in [4.78, 5) is 0. The van der Waals surface area contributed by atoms with Gasteiger partial charge in [-0.15, -0.1) is 0 Å². The van der Waals surface area contributed by atoms with Gasteiger partial charge in [0.05, 0.1) is 5.69 Å². The fourth-order valence-electron chi connectivity index (χ4n) is 1.90. The molecule has 0 bridgehead atoms. The Morgan fingerprint density at radius 1 is 1.37 bits per heavy atom. The Hall–Kier alpha value is -1.33. The minimum Gasteiger partial charge on any atom is -0.473 e. The predicted octanol–water partition coefficient (Wildman–Crippen LogP) is 2.79. The molecule has 0 aliphatic carbocycles. The summed E-state index contributed by atoms with van der Waals surface area (Å²) in [5.41, 5.74) is 3.33. The van der Waals surface area contributed by atoms with Crippen LogP contribution in [0.5, 0.6) is 5.88 Å². The van der Waals surface area contributed by atoms with Crippen molar-refractivity contribution >= 4 is 15.9 Å². The standard InChI is InChI=1S/C14H18BrN3O/c1-10-6-14(18(3)17-10)19-9-12-5-4-11(8-16-2)7-13(12)15/h4-7,16H,8-9H2,1-3H3. The van der Waals surface area contributed by atoms with Gasteiger partial charge in [0.15, 0.2) is 0 Å². The quantitative estimate of drug-likeness (QED) is 0.919. The fourth-order valence-corrected chi connectivity index (χ4v) is 2.44. The molecular weight excluding hydrogens is 306 g/mol. The Bertz CT molecular complexity index is 566. The highest BCUT2D eigenvalue weighted by molar-refractivity contribution is 9.10. The highest BCUT2D eigenvalue weighted by Gasteiger charge is 2.06. The number of hydrogen-bond acceptors (Lipinski definition) is 3. The molecule has 0 unspecified atom stereocenters. The molecule has 0 atom stereocenters. The first-order valence-electron chi connectivity index (χ1n) is 6.15. The number of halogens is 1. The predicted molar refractivity (Wildman–Crippen MR) is 79.2 cm³/mol. The maximum absolute atomic E-state index is 5.78. The van der Waals surface area contributed by atoms with Gasteiger partial charge < -0.3 is 10.1 Å². The minimum absolute atomic E-state index is 0.527. The van der Waals surface area contributed by atoms with Crippen LogP contribution in [0.15, 0.2) is 28.7 Å². The molecule has 0 saturated heterocycles. The zero-order chi connectivity index (χ0) is 13.8. The molecule has 1 N–H and O–H groups in total. The molecule has 0 aliphatic heterocycles. The molecule has 1 aromatic heterocycles. The van der Waals surface area contributed by atoms with Gasteiger partial charge in [-0.3, -0.25) is 0 Å². The number of aryl methyl sites for hydroxylation is 2. The monoisotopic (exact) mass is 323 g/mol. The number of nitrogens with one attached hydrogen (secondary N) is 1. The summed E-state index contributed by atoms with van der Waals surface area (Å²) in [6.07, 6.45) is 0. The molecule has 0 aliphatic rings. The zero-order valence-electron chi connectivity index (χ0n) is 11.4. The van der Waals surface area contributed by atoms with Gasteiger partial charge in [-0.1, -0.05) is 28.1 Å². The first-order valence-corrected chi connectivity index (χ1v) is 6.95. The van der Waals surface area contributed by atoms with E-state index in [4.69, 9.17) is 4.74 Å². The minimum atomic E-state index is 0.527. The highest BCUT2D eigenvalue weighted by Crippen LogP contribution is 2.21. The summed E-state index contributed by atoms with van der Waals surface area (Å²) in [6.45, 7) is 3.34. The molecular formula is C14H18BrN3O. The van der Waals surface area contributed by atoms with Crippen molar-refractivity contribution in [3.63, 3.8) is 0 Å². The summed E-state index contributed by atoms with van der Waals surface area (Å²) >= 11 is 3.58. The maximum atomic E-state index is 5.78. The first kappa shape index (κ1) is 14.1. The van der Waals surface area contributed by atoms with Crippen molar-refractivity contribution in [1.29, 1.82) is 0 Å². The van der Waals surface area contributed by atoms with Crippen molar-refractivity contribution in [2.24, 2.45) is 7.05 Å². The van der Waals surface area contributed by atoms with Gasteiger partial charge >= 0.3 is 0 Å². The lowest BCUT2D eigenvalue weighted by Crippen LogP contribution is -2.06. The van der Waals surface area contributed by atoms with Gasteiger partial charge in [-0.05, 0) is 25.6 Å². The molecule has 102 valence electrons. The Kier molecular flexibility index (Phi) is 4.61. The molecule has 2 aromatic rings. The summed E-state index contributed by atoms with van der Waals surface area (Å²) < 4.78 is 8.60. The molecule has 0 fully saturated rings. The Morgan fingerprint density at radius 2 is 2.16 bits per heavy atom. The highest BCUT2D eigenvalue weighted by atomic mass is 79.9. The summed E-state index contributed by atoms with van der Waals surface area (Å²) in [6, 6.07) is 8.24. The number of nitrogens with zero attached hydrogens (tertiary/aromatic N) is 2. The van der Waals surface area contributed by atoms with E-state index in [-0.39, 0.29) is 0 Å². The van der Waals surface area contributed by atoms with Gasteiger partial charge in [0.25, 0.3) is 0 Å². The molecule has 0 amide bonds. The molecule has 5 heteroatoms. The van der Waals surface area contributed by atoms with Gasteiger partial charge in [-0.25, -0.2) is 4.68 Å². The van der Waals surface area contributed by atoms with Gasteiger partial charge in [0.1, 0.15) is 6.61 Å². The van der Waals surface area contributed by atoms with E-state index in [0.717, 1.165) is 28.2 Å². The second-order valence-electron chi connectivity index (χ2n) is 4.49. The third-order valence-corrected chi connectivity index (χ3v) is 3.57. The Balaban J connectivity index is 2.05. The van der Waals surface area contributed by atoms with E-state index >= 15 is 0 Å². The van der Waals surface area contributed by atoms with Crippen LogP contribution in [0.25, 0.3) is 0 Å². The summed E-state index contributed by atoms with van der Waals surface area (Å²) in [7, 11) is 3.82. The molecule has 0 saturated carbocycles. The number of rotatable bonds is 5. The molecule has 4 nitrogen and oxygen atoms in total. The summed E-state index contributed by atoms with van der Waals surface area (Å²) in [5, 5.41) is 7.39. The van der Waals surface area contributed by atoms with Crippen LogP contribution < -0.4 is 10.1 Å². The van der Waals surface area contributed by atoms with Crippen LogP contribution in [0.2, 0.25) is 0 Å². The smallest absolute Gasteiger partial charge is 0.212 e. The largest absolute Gasteiger partial charge is 0.473 e. The summed E-state index contributed by atoms with van der Waals surface area (Å²) in [5.74, 6) is 0.781. The van der Waals surface area contributed by atoms with E-state index in [9.17, 15) is 0 Å². The fraction of sp³-hybridized carbons (Fsp3) is 0.357. The topological polar surface area (TPSA) is 39.1 Å². The third kappa shape index (κ3) is 3.58. The van der Waals surface area contributed by atoms with Crippen LogP contribution in [0.4, 0.5) is 0 Å². The average Bonchev–Trinajstić information content (AvgIpc) is 2.67. The van der Waals surface area contributed by atoms with E-state index in [0.29, 0.717) is 6.61 Å². The van der Waals surface area contributed by atoms with Crippen molar-refractivity contribution in [2.45, 2.75) is 20.1 Å². The van der Waals surface area contributed by atoms with Gasteiger partial charge in [-0.2, -0.15) is 5.10 Å². The van der Waals surface area contributed by atoms with Gasteiger partial charge in [0, 0.05) is 29.7 Å². The Morgan fingerprint density at radius 3 is 2.74 bits per heavy atom. The lowest BCUT2D eigenvalue weighted by Gasteiger charge is -2.09. The van der Waals surface area contributed by atoms with Crippen LogP contribution in [-0.2, 0) is 20.2 Å². The molecule has 1 aromatic carbocycles. The van der Waals surface area contributed by atoms with Crippen molar-refractivity contribution in [2.75, 3.05) is 7.05 Å². The van der Waals surface area contributed by atoms with E-state index in [1.807, 2.05) is 27.1 Å². The van der Waals surface area contributed by atoms with Crippen LogP contribution >= 0.6 is 15.9 Å². The van der Waals surface area contributed by atoms with E-state index in [1.165, 1.54) is 5.56 Å². The van der Waals surface area contributed by atoms with Gasteiger partial charge in [0.2, 0.25) is 5.88 Å². The number of ether oxygens (including phenoxy) is 1. The van der Waals surface area contributed by atoms with E-state index in [2.05, 4.69) is 44.5 Å². The lowest BCUT2D eigenvalue weighted by molar-refractivity contribution is 0.278. The second kappa shape index (κ2) is 6.21. The molecule has 1 heterocycles. The van der Waals surface area contributed by atoms with E-state index in [1.54, 1.807) is 4.68 Å². The number of hydrogen-bond donors (Lipinski definition) is 1. The van der Waals surface area contributed by atoms with Crippen molar-refractivity contribution in [3.8, 4) is 5.88 Å². The van der Waals surface area contributed by atoms with Crippen LogP contribution in [0.3, 0.4) is 0 Å². The molecule has 0 spiro atoms. The SMILES string of the molecule is CNCc1ccc(COc2cc(C)nn2C)c(Br)c1. The van der Waals surface area contributed by atoms with Crippen LogP contribution in [-0.4, -0.2) is 16.8 Å². The normalized spacial score (nSPS) is 10.7. The zero-order valence-corrected chi connectivity index (χ0v) is 13.0. The maximum Gasteiger partial charge on any atom is 0.212 e. The lowest BCUT2D eigenvalue weighted by atomic mass is 10.1. The Labute approximate surface area is 121 Å². The third-order valence-electron chi connectivity index (χ3n) is 2.83. The number of aromatic nitrogens is 2. The average molecular weight is 324 g/mol. The molecule has 2 rings (SSSR count). The van der Waals surface area contributed by atoms with Crippen molar-refractivity contribution < 1.29 is 4.74 Å². The number of benzene rings is 1. The van der Waals surface area contributed by atoms with Crippen LogP contribution in [0.1, 0.15) is 16.8 Å². The van der Waals surface area contributed by atoms with Crippen LogP contribution in [0, 0.1) is 6.92 Å². The van der Waals surface area contributed by atoms with Crippen molar-refractivity contribution in [1.82, 2.24) is 15.1 Å². The molecule has 0 radical (unpaired) electrons.